The highest BCUT2D eigenvalue weighted by atomic mass is 35.5. The van der Waals surface area contributed by atoms with Crippen molar-refractivity contribution >= 4 is 23.5 Å². The first-order valence-electron chi connectivity index (χ1n) is 4.03. The van der Waals surface area contributed by atoms with Crippen LogP contribution in [-0.2, 0) is 4.79 Å². The molecule has 0 saturated heterocycles. The van der Waals surface area contributed by atoms with E-state index in [0.29, 0.717) is 0 Å². The average Bonchev–Trinajstić information content (AvgIpc) is 2.18. The highest BCUT2D eigenvalue weighted by Crippen LogP contribution is 2.02. The van der Waals surface area contributed by atoms with Crippen molar-refractivity contribution in [1.29, 1.82) is 0 Å². The maximum atomic E-state index is 11.4. The Morgan fingerprint density at radius 3 is 2.60 bits per heavy atom. The van der Waals surface area contributed by atoms with Gasteiger partial charge in [0.2, 0.25) is 0 Å². The normalized spacial score (nSPS) is 11.9. The number of carbonyl (C=O) groups is 2. The van der Waals surface area contributed by atoms with Gasteiger partial charge in [-0.15, -0.1) is 10.2 Å². The number of nitrogens with zero attached hydrogens (tertiary/aromatic N) is 2. The predicted molar refractivity (Wildman–Crippen MR) is 51.6 cm³/mol. The number of carbonyl (C=O) groups excluding carboxylic acids is 1. The van der Waals surface area contributed by atoms with Gasteiger partial charge in [0.05, 0.1) is 0 Å². The van der Waals surface area contributed by atoms with Crippen LogP contribution in [0, 0.1) is 0 Å². The van der Waals surface area contributed by atoms with Gasteiger partial charge in [0.1, 0.15) is 6.04 Å². The van der Waals surface area contributed by atoms with Crippen molar-refractivity contribution in [3.63, 3.8) is 0 Å². The molecule has 1 amide bonds. The number of aromatic nitrogens is 2. The average molecular weight is 230 g/mol. The minimum Gasteiger partial charge on any atom is -0.480 e. The highest BCUT2D eigenvalue weighted by molar-refractivity contribution is 6.29. The van der Waals surface area contributed by atoms with E-state index in [9.17, 15) is 9.59 Å². The Morgan fingerprint density at radius 2 is 2.13 bits per heavy atom. The number of hydrogen-bond donors (Lipinski definition) is 2. The Balaban J connectivity index is 2.69. The lowest BCUT2D eigenvalue weighted by Crippen LogP contribution is -2.38. The summed E-state index contributed by atoms with van der Waals surface area (Å²) in [5.74, 6) is -1.72. The summed E-state index contributed by atoms with van der Waals surface area (Å²) in [6, 6.07) is 1.78. The molecular weight excluding hydrogens is 222 g/mol. The molecule has 0 aliphatic rings. The first-order valence-corrected chi connectivity index (χ1v) is 4.41. The summed E-state index contributed by atoms with van der Waals surface area (Å²) in [6.45, 7) is 1.35. The van der Waals surface area contributed by atoms with Gasteiger partial charge in [-0.25, -0.2) is 0 Å². The quantitative estimate of drug-likeness (QED) is 0.779. The number of carboxylic acids is 1. The summed E-state index contributed by atoms with van der Waals surface area (Å²) in [4.78, 5) is 21.8. The molecule has 7 heteroatoms. The monoisotopic (exact) mass is 229 g/mol. The largest absolute Gasteiger partial charge is 0.480 e. The SMILES string of the molecule is C[C@H](NC(=O)c1ccc(Cl)nn1)C(=O)O. The molecule has 0 aromatic carbocycles. The maximum absolute atomic E-state index is 11.4. The van der Waals surface area contributed by atoms with Gasteiger partial charge >= 0.3 is 5.97 Å². The lowest BCUT2D eigenvalue weighted by molar-refractivity contribution is -0.138. The summed E-state index contributed by atoms with van der Waals surface area (Å²) < 4.78 is 0. The number of nitrogens with one attached hydrogen (secondary N) is 1. The van der Waals surface area contributed by atoms with E-state index in [1.54, 1.807) is 0 Å². The molecule has 1 aromatic heterocycles. The van der Waals surface area contributed by atoms with Gasteiger partial charge in [-0.2, -0.15) is 0 Å². The van der Waals surface area contributed by atoms with Crippen LogP contribution in [0.1, 0.15) is 17.4 Å². The van der Waals surface area contributed by atoms with Crippen molar-refractivity contribution in [3.05, 3.63) is 23.0 Å². The highest BCUT2D eigenvalue weighted by Gasteiger charge is 2.16. The molecule has 0 radical (unpaired) electrons. The van der Waals surface area contributed by atoms with E-state index in [4.69, 9.17) is 16.7 Å². The molecule has 1 aromatic rings. The summed E-state index contributed by atoms with van der Waals surface area (Å²) >= 11 is 5.47. The lowest BCUT2D eigenvalue weighted by atomic mass is 10.3. The van der Waals surface area contributed by atoms with Crippen LogP contribution in [0.25, 0.3) is 0 Å². The van der Waals surface area contributed by atoms with Crippen LogP contribution in [0.3, 0.4) is 0 Å². The standard InChI is InChI=1S/C8H8ClN3O3/c1-4(8(14)15)10-7(13)5-2-3-6(9)12-11-5/h2-4H,1H3,(H,10,13)(H,14,15)/t4-/m0/s1. The second-order valence-electron chi connectivity index (χ2n) is 2.77. The molecule has 1 atom stereocenters. The van der Waals surface area contributed by atoms with E-state index >= 15 is 0 Å². The zero-order valence-electron chi connectivity index (χ0n) is 7.77. The van der Waals surface area contributed by atoms with Crippen molar-refractivity contribution < 1.29 is 14.7 Å². The zero-order valence-corrected chi connectivity index (χ0v) is 8.52. The molecule has 1 rings (SSSR count). The predicted octanol–water partition coefficient (Wildman–Crippen LogP) is 0.333. The molecule has 0 saturated carbocycles. The van der Waals surface area contributed by atoms with Crippen LogP contribution >= 0.6 is 11.6 Å². The zero-order chi connectivity index (χ0) is 11.4. The number of rotatable bonds is 3. The molecule has 80 valence electrons. The summed E-state index contributed by atoms with van der Waals surface area (Å²) in [5, 5.41) is 17.9. The maximum Gasteiger partial charge on any atom is 0.325 e. The lowest BCUT2D eigenvalue weighted by Gasteiger charge is -2.07. The molecule has 0 aliphatic heterocycles. The first kappa shape index (κ1) is 11.4. The van der Waals surface area contributed by atoms with Crippen molar-refractivity contribution in [1.82, 2.24) is 15.5 Å². The summed E-state index contributed by atoms with van der Waals surface area (Å²) in [6.07, 6.45) is 0. The van der Waals surface area contributed by atoms with Crippen LogP contribution in [0.5, 0.6) is 0 Å². The van der Waals surface area contributed by atoms with Crippen molar-refractivity contribution in [3.8, 4) is 0 Å². The second kappa shape index (κ2) is 4.70. The van der Waals surface area contributed by atoms with Crippen LogP contribution in [0.4, 0.5) is 0 Å². The minimum atomic E-state index is -1.12. The van der Waals surface area contributed by atoms with Crippen LogP contribution < -0.4 is 5.32 Å². The van der Waals surface area contributed by atoms with E-state index in [-0.39, 0.29) is 10.8 Å². The molecule has 15 heavy (non-hydrogen) atoms. The second-order valence-corrected chi connectivity index (χ2v) is 3.16. The molecule has 2 N–H and O–H groups in total. The van der Waals surface area contributed by atoms with Crippen LogP contribution in [0.15, 0.2) is 12.1 Å². The van der Waals surface area contributed by atoms with E-state index in [1.807, 2.05) is 0 Å². The van der Waals surface area contributed by atoms with Gasteiger partial charge in [-0.1, -0.05) is 11.6 Å². The van der Waals surface area contributed by atoms with E-state index in [0.717, 1.165) is 0 Å². The third kappa shape index (κ3) is 3.17. The molecular formula is C8H8ClN3O3. The van der Waals surface area contributed by atoms with E-state index < -0.39 is 17.9 Å². The van der Waals surface area contributed by atoms with Crippen molar-refractivity contribution in [2.45, 2.75) is 13.0 Å². The van der Waals surface area contributed by atoms with Gasteiger partial charge < -0.3 is 10.4 Å². The Morgan fingerprint density at radius 1 is 1.47 bits per heavy atom. The van der Waals surface area contributed by atoms with E-state index in [1.165, 1.54) is 19.1 Å². The Kier molecular flexibility index (Phi) is 3.56. The fraction of sp³-hybridized carbons (Fsp3) is 0.250. The fourth-order valence-electron chi connectivity index (χ4n) is 0.769. The van der Waals surface area contributed by atoms with Gasteiger partial charge in [-0.3, -0.25) is 9.59 Å². The topological polar surface area (TPSA) is 92.2 Å². The van der Waals surface area contributed by atoms with Crippen molar-refractivity contribution in [2.75, 3.05) is 0 Å². The first-order chi connectivity index (χ1) is 7.00. The molecule has 0 unspecified atom stereocenters. The van der Waals surface area contributed by atoms with Gasteiger partial charge in [0.25, 0.3) is 5.91 Å². The smallest absolute Gasteiger partial charge is 0.325 e. The van der Waals surface area contributed by atoms with E-state index in [2.05, 4.69) is 15.5 Å². The van der Waals surface area contributed by atoms with Crippen LogP contribution in [0.2, 0.25) is 5.15 Å². The number of aliphatic carboxylic acids is 1. The summed E-state index contributed by atoms with van der Waals surface area (Å²) in [7, 11) is 0. The van der Waals surface area contributed by atoms with Gasteiger partial charge in [-0.05, 0) is 19.1 Å². The minimum absolute atomic E-state index is 0.0208. The molecule has 0 fully saturated rings. The number of halogens is 1. The Hall–Kier alpha value is -1.69. The molecule has 0 bridgehead atoms. The third-order valence-electron chi connectivity index (χ3n) is 1.58. The van der Waals surface area contributed by atoms with Gasteiger partial charge in [0.15, 0.2) is 10.8 Å². The fourth-order valence-corrected chi connectivity index (χ4v) is 0.870. The molecule has 0 aliphatic carbocycles. The summed E-state index contributed by atoms with van der Waals surface area (Å²) in [5.41, 5.74) is 0.0208. The molecule has 6 nitrogen and oxygen atoms in total. The number of hydrogen-bond acceptors (Lipinski definition) is 4. The number of amides is 1. The molecule has 0 spiro atoms. The van der Waals surface area contributed by atoms with Gasteiger partial charge in [0, 0.05) is 0 Å². The molecule has 1 heterocycles. The van der Waals surface area contributed by atoms with Crippen LogP contribution in [-0.4, -0.2) is 33.2 Å². The Labute approximate surface area is 90.3 Å². The number of carboxylic acid groups (broad SMARTS) is 1. The Bertz CT molecular complexity index is 379. The van der Waals surface area contributed by atoms with Crippen molar-refractivity contribution in [2.24, 2.45) is 0 Å². The third-order valence-corrected chi connectivity index (χ3v) is 1.78.